The first kappa shape index (κ1) is 14.8. The highest BCUT2D eigenvalue weighted by atomic mass is 16.5. The molecule has 1 aromatic carbocycles. The summed E-state index contributed by atoms with van der Waals surface area (Å²) in [5, 5.41) is 2.72. The molecule has 23 heavy (non-hydrogen) atoms. The number of nitrogens with one attached hydrogen (secondary N) is 1. The molecule has 3 aromatic rings. The topological polar surface area (TPSA) is 86.4 Å². The first-order valence-electron chi connectivity index (χ1n) is 7.05. The summed E-state index contributed by atoms with van der Waals surface area (Å²) < 4.78 is 11.5. The number of benzene rings is 1. The Hall–Kier alpha value is -3.09. The van der Waals surface area contributed by atoms with Gasteiger partial charge in [0.1, 0.15) is 0 Å². The van der Waals surface area contributed by atoms with Crippen LogP contribution in [0.15, 0.2) is 51.8 Å². The van der Waals surface area contributed by atoms with Gasteiger partial charge in [-0.15, -0.1) is 0 Å². The van der Waals surface area contributed by atoms with Gasteiger partial charge in [0.15, 0.2) is 5.58 Å². The monoisotopic (exact) mass is 313 g/mol. The van der Waals surface area contributed by atoms with Crippen molar-refractivity contribution >= 4 is 22.7 Å². The van der Waals surface area contributed by atoms with E-state index in [0.29, 0.717) is 22.7 Å². The van der Waals surface area contributed by atoms with Crippen LogP contribution in [-0.4, -0.2) is 22.6 Å². The van der Waals surface area contributed by atoms with Gasteiger partial charge in [0.2, 0.25) is 11.8 Å². The van der Waals surface area contributed by atoms with Gasteiger partial charge in [0, 0.05) is 19.0 Å². The normalized spacial score (nSPS) is 10.7. The first-order chi connectivity index (χ1) is 11.2. The van der Waals surface area contributed by atoms with Crippen LogP contribution in [0.3, 0.4) is 0 Å². The number of oxazole rings is 1. The van der Waals surface area contributed by atoms with E-state index in [0.717, 1.165) is 0 Å². The molecule has 0 saturated carbocycles. The number of anilines is 1. The van der Waals surface area contributed by atoms with E-state index in [4.69, 9.17) is 9.15 Å². The molecular weight excluding hydrogens is 298 g/mol. The van der Waals surface area contributed by atoms with Crippen molar-refractivity contribution in [3.05, 3.63) is 53.1 Å². The molecule has 0 aliphatic heterocycles. The van der Waals surface area contributed by atoms with Crippen LogP contribution in [0.5, 0.6) is 5.88 Å². The minimum atomic E-state index is -0.467. The number of aryl methyl sites for hydroxylation is 1. The number of methoxy groups -OCH3 is 1. The molecule has 0 fully saturated rings. The predicted molar refractivity (Wildman–Crippen MR) is 84.5 cm³/mol. The number of aromatic nitrogens is 2. The summed E-state index contributed by atoms with van der Waals surface area (Å²) in [7, 11) is 1.52. The highest BCUT2D eigenvalue weighted by molar-refractivity contribution is 5.90. The standard InChI is InChI=1S/C16H15N3O4/c1-22-15-7-6-11(10-17-15)18-14(20)8-9-19-12-4-2-3-5-13(12)23-16(19)21/h2-7,10H,8-9H2,1H3,(H,18,20). The van der Waals surface area contributed by atoms with Gasteiger partial charge < -0.3 is 14.5 Å². The number of hydrogen-bond donors (Lipinski definition) is 1. The molecule has 1 N–H and O–H groups in total. The second kappa shape index (κ2) is 6.35. The molecule has 0 bridgehead atoms. The lowest BCUT2D eigenvalue weighted by atomic mass is 10.3. The maximum atomic E-state index is 12.0. The lowest BCUT2D eigenvalue weighted by molar-refractivity contribution is -0.116. The van der Waals surface area contributed by atoms with Gasteiger partial charge in [-0.05, 0) is 18.2 Å². The molecule has 0 aliphatic rings. The third kappa shape index (κ3) is 3.23. The molecule has 7 heteroatoms. The Morgan fingerprint density at radius 2 is 2.13 bits per heavy atom. The van der Waals surface area contributed by atoms with Crippen LogP contribution < -0.4 is 15.8 Å². The Bertz CT molecular complexity index is 880. The molecule has 0 unspecified atom stereocenters. The van der Waals surface area contributed by atoms with Crippen molar-refractivity contribution < 1.29 is 13.9 Å². The number of amides is 1. The van der Waals surface area contributed by atoms with Gasteiger partial charge in [0.05, 0.1) is 24.5 Å². The van der Waals surface area contributed by atoms with Crippen molar-refractivity contribution in [1.82, 2.24) is 9.55 Å². The van der Waals surface area contributed by atoms with E-state index in [2.05, 4.69) is 10.3 Å². The van der Waals surface area contributed by atoms with Gasteiger partial charge in [0.25, 0.3) is 0 Å². The quantitative estimate of drug-likeness (QED) is 0.779. The van der Waals surface area contributed by atoms with Crippen LogP contribution in [0.25, 0.3) is 11.1 Å². The van der Waals surface area contributed by atoms with Crippen LogP contribution in [0.4, 0.5) is 5.69 Å². The highest BCUT2D eigenvalue weighted by Crippen LogP contribution is 2.13. The maximum absolute atomic E-state index is 12.0. The molecule has 0 atom stereocenters. The van der Waals surface area contributed by atoms with E-state index in [-0.39, 0.29) is 18.9 Å². The van der Waals surface area contributed by atoms with Gasteiger partial charge in [-0.2, -0.15) is 0 Å². The summed E-state index contributed by atoms with van der Waals surface area (Å²) in [5.74, 6) is -0.210. The SMILES string of the molecule is COc1ccc(NC(=O)CCn2c(=O)oc3ccccc32)cn1. The molecule has 3 rings (SSSR count). The largest absolute Gasteiger partial charge is 0.481 e. The van der Waals surface area contributed by atoms with Crippen molar-refractivity contribution in [1.29, 1.82) is 0 Å². The molecule has 1 amide bonds. The van der Waals surface area contributed by atoms with E-state index < -0.39 is 5.76 Å². The number of ether oxygens (including phenoxy) is 1. The average molecular weight is 313 g/mol. The van der Waals surface area contributed by atoms with Crippen molar-refractivity contribution in [3.63, 3.8) is 0 Å². The Labute approximate surface area is 131 Å². The van der Waals surface area contributed by atoms with Crippen molar-refractivity contribution in [2.45, 2.75) is 13.0 Å². The van der Waals surface area contributed by atoms with Crippen LogP contribution in [0.2, 0.25) is 0 Å². The number of fused-ring (bicyclic) bond motifs is 1. The van der Waals surface area contributed by atoms with Crippen molar-refractivity contribution in [3.8, 4) is 5.88 Å². The number of nitrogens with zero attached hydrogens (tertiary/aromatic N) is 2. The number of carbonyl (C=O) groups excluding carboxylic acids is 1. The summed E-state index contributed by atoms with van der Waals surface area (Å²) in [6.07, 6.45) is 1.66. The summed E-state index contributed by atoms with van der Waals surface area (Å²) in [6, 6.07) is 10.5. The second-order valence-corrected chi connectivity index (χ2v) is 4.87. The minimum absolute atomic E-state index is 0.148. The van der Waals surface area contributed by atoms with Gasteiger partial charge in [-0.25, -0.2) is 9.78 Å². The fraction of sp³-hybridized carbons (Fsp3) is 0.188. The van der Waals surface area contributed by atoms with Crippen molar-refractivity contribution in [2.24, 2.45) is 0 Å². The zero-order chi connectivity index (χ0) is 16.2. The third-order valence-corrected chi connectivity index (χ3v) is 3.37. The molecule has 118 valence electrons. The second-order valence-electron chi connectivity index (χ2n) is 4.87. The number of para-hydroxylation sites is 2. The molecule has 0 saturated heterocycles. The average Bonchev–Trinajstić information content (AvgIpc) is 2.89. The van der Waals surface area contributed by atoms with E-state index in [1.165, 1.54) is 17.9 Å². The van der Waals surface area contributed by atoms with Gasteiger partial charge >= 0.3 is 5.76 Å². The Kier molecular flexibility index (Phi) is 4.09. The molecule has 7 nitrogen and oxygen atoms in total. The predicted octanol–water partition coefficient (Wildman–Crippen LogP) is 2.03. The summed E-state index contributed by atoms with van der Waals surface area (Å²) in [5.41, 5.74) is 1.76. The van der Waals surface area contributed by atoms with Crippen LogP contribution >= 0.6 is 0 Å². The third-order valence-electron chi connectivity index (χ3n) is 3.37. The molecule has 0 spiro atoms. The number of carbonyl (C=O) groups is 1. The number of pyridine rings is 1. The zero-order valence-electron chi connectivity index (χ0n) is 12.5. The van der Waals surface area contributed by atoms with Crippen LogP contribution in [0, 0.1) is 0 Å². The smallest absolute Gasteiger partial charge is 0.419 e. The Morgan fingerprint density at radius 3 is 2.87 bits per heavy atom. The Morgan fingerprint density at radius 1 is 1.30 bits per heavy atom. The van der Waals surface area contributed by atoms with E-state index in [1.54, 1.807) is 30.3 Å². The molecule has 0 radical (unpaired) electrons. The lowest BCUT2D eigenvalue weighted by Gasteiger charge is -2.06. The fourth-order valence-corrected chi connectivity index (χ4v) is 2.24. The van der Waals surface area contributed by atoms with E-state index in [9.17, 15) is 9.59 Å². The Balaban J connectivity index is 1.66. The molecule has 2 aromatic heterocycles. The first-order valence-corrected chi connectivity index (χ1v) is 7.05. The summed E-state index contributed by atoms with van der Waals surface area (Å²) in [4.78, 5) is 27.8. The van der Waals surface area contributed by atoms with Gasteiger partial charge in [-0.1, -0.05) is 12.1 Å². The summed E-state index contributed by atoms with van der Waals surface area (Å²) >= 11 is 0. The van der Waals surface area contributed by atoms with Crippen LogP contribution in [0.1, 0.15) is 6.42 Å². The van der Waals surface area contributed by atoms with Gasteiger partial charge in [-0.3, -0.25) is 9.36 Å². The number of rotatable bonds is 5. The van der Waals surface area contributed by atoms with Crippen LogP contribution in [-0.2, 0) is 11.3 Å². The maximum Gasteiger partial charge on any atom is 0.419 e. The summed E-state index contributed by atoms with van der Waals surface area (Å²) in [6.45, 7) is 0.241. The zero-order valence-corrected chi connectivity index (χ0v) is 12.5. The molecule has 0 aliphatic carbocycles. The van der Waals surface area contributed by atoms with Crippen molar-refractivity contribution in [2.75, 3.05) is 12.4 Å². The van der Waals surface area contributed by atoms with E-state index >= 15 is 0 Å². The molecular formula is C16H15N3O4. The van der Waals surface area contributed by atoms with E-state index in [1.807, 2.05) is 6.07 Å². The lowest BCUT2D eigenvalue weighted by Crippen LogP contribution is -2.19. The highest BCUT2D eigenvalue weighted by Gasteiger charge is 2.10. The minimum Gasteiger partial charge on any atom is -0.481 e. The number of hydrogen-bond acceptors (Lipinski definition) is 5. The fourth-order valence-electron chi connectivity index (χ4n) is 2.24. The molecule has 2 heterocycles.